The van der Waals surface area contributed by atoms with Crippen LogP contribution in [-0.2, 0) is 11.2 Å². The van der Waals surface area contributed by atoms with Crippen molar-refractivity contribution in [2.45, 2.75) is 27.2 Å². The summed E-state index contributed by atoms with van der Waals surface area (Å²) in [5.41, 5.74) is 4.85. The topological polar surface area (TPSA) is 56.7 Å². The standard InChI is InChI=1S/C19H30N4O.HI/c1-14(2)12-21-19(22-13-18(24)23(5)6)20-8-7-17-10-15(3)9-16(4)11-17;/h9-11H,1,7-8,12-13H2,2-6H3,(H2,20,21,22);1H. The van der Waals surface area contributed by atoms with Crippen LogP contribution in [0.1, 0.15) is 23.6 Å². The quantitative estimate of drug-likeness (QED) is 0.286. The van der Waals surface area contributed by atoms with Crippen LogP contribution in [0.2, 0.25) is 0 Å². The van der Waals surface area contributed by atoms with Gasteiger partial charge in [0.05, 0.1) is 0 Å². The number of guanidine groups is 1. The number of rotatable bonds is 7. The van der Waals surface area contributed by atoms with E-state index in [2.05, 4.69) is 54.3 Å². The molecule has 2 N–H and O–H groups in total. The number of carbonyl (C=O) groups is 1. The van der Waals surface area contributed by atoms with Crippen molar-refractivity contribution >= 4 is 35.8 Å². The van der Waals surface area contributed by atoms with Crippen LogP contribution < -0.4 is 10.6 Å². The molecule has 0 aliphatic heterocycles. The summed E-state index contributed by atoms with van der Waals surface area (Å²) in [7, 11) is 3.46. The van der Waals surface area contributed by atoms with E-state index >= 15 is 0 Å². The number of nitrogens with one attached hydrogen (secondary N) is 2. The Balaban J connectivity index is 0.00000576. The molecule has 0 heterocycles. The van der Waals surface area contributed by atoms with Crippen LogP contribution in [0.25, 0.3) is 0 Å². The van der Waals surface area contributed by atoms with Gasteiger partial charge in [-0.15, -0.1) is 24.0 Å². The van der Waals surface area contributed by atoms with Crippen molar-refractivity contribution in [1.82, 2.24) is 15.5 Å². The molecule has 0 saturated carbocycles. The summed E-state index contributed by atoms with van der Waals surface area (Å²) in [4.78, 5) is 17.6. The number of aryl methyl sites for hydroxylation is 2. The number of carbonyl (C=O) groups excluding carboxylic acids is 1. The van der Waals surface area contributed by atoms with Crippen molar-refractivity contribution in [1.29, 1.82) is 0 Å². The van der Waals surface area contributed by atoms with Gasteiger partial charge in [-0.05, 0) is 32.8 Å². The maximum Gasteiger partial charge on any atom is 0.243 e. The molecule has 0 aliphatic rings. The molecule has 0 aliphatic carbocycles. The molecule has 0 unspecified atom stereocenters. The number of aliphatic imine (C=N–C) groups is 1. The molecule has 0 radical (unpaired) electrons. The molecule has 0 bridgehead atoms. The Morgan fingerprint density at radius 2 is 1.76 bits per heavy atom. The van der Waals surface area contributed by atoms with Gasteiger partial charge < -0.3 is 15.5 Å². The second-order valence-electron chi connectivity index (χ2n) is 6.44. The van der Waals surface area contributed by atoms with Crippen LogP contribution in [0, 0.1) is 13.8 Å². The van der Waals surface area contributed by atoms with Crippen molar-refractivity contribution in [2.24, 2.45) is 4.99 Å². The molecular formula is C19H31IN4O. The highest BCUT2D eigenvalue weighted by molar-refractivity contribution is 14.0. The summed E-state index contributed by atoms with van der Waals surface area (Å²) < 4.78 is 0. The number of amides is 1. The lowest BCUT2D eigenvalue weighted by molar-refractivity contribution is -0.127. The monoisotopic (exact) mass is 458 g/mol. The van der Waals surface area contributed by atoms with Crippen molar-refractivity contribution in [3.8, 4) is 0 Å². The van der Waals surface area contributed by atoms with Crippen LogP contribution in [0.3, 0.4) is 0 Å². The number of halogens is 1. The first kappa shape index (κ1) is 23.4. The molecule has 1 aromatic carbocycles. The fraction of sp³-hybridized carbons (Fsp3) is 0.474. The average molecular weight is 458 g/mol. The van der Waals surface area contributed by atoms with Gasteiger partial charge in [-0.25, -0.2) is 4.99 Å². The third-order valence-corrected chi connectivity index (χ3v) is 3.42. The Bertz CT molecular complexity index is 591. The predicted octanol–water partition coefficient (Wildman–Crippen LogP) is 2.66. The molecule has 140 valence electrons. The Kier molecular flexibility index (Phi) is 11.1. The van der Waals surface area contributed by atoms with E-state index in [-0.39, 0.29) is 36.4 Å². The van der Waals surface area contributed by atoms with Gasteiger partial charge in [-0.2, -0.15) is 0 Å². The normalized spacial score (nSPS) is 10.7. The number of hydrogen-bond donors (Lipinski definition) is 2. The van der Waals surface area contributed by atoms with Gasteiger partial charge in [0.25, 0.3) is 0 Å². The third-order valence-electron chi connectivity index (χ3n) is 3.42. The lowest BCUT2D eigenvalue weighted by Crippen LogP contribution is -2.40. The first-order chi connectivity index (χ1) is 11.3. The first-order valence-corrected chi connectivity index (χ1v) is 8.22. The maximum atomic E-state index is 11.7. The number of benzene rings is 1. The number of hydrogen-bond acceptors (Lipinski definition) is 2. The van der Waals surface area contributed by atoms with Gasteiger partial charge in [0.1, 0.15) is 6.54 Å². The van der Waals surface area contributed by atoms with Gasteiger partial charge in [0.2, 0.25) is 5.91 Å². The fourth-order valence-corrected chi connectivity index (χ4v) is 2.24. The van der Waals surface area contributed by atoms with Gasteiger partial charge in [-0.3, -0.25) is 4.79 Å². The van der Waals surface area contributed by atoms with Crippen molar-refractivity contribution in [3.63, 3.8) is 0 Å². The van der Waals surface area contributed by atoms with Crippen LogP contribution in [0.5, 0.6) is 0 Å². The Labute approximate surface area is 169 Å². The molecule has 1 amide bonds. The second-order valence-corrected chi connectivity index (χ2v) is 6.44. The molecule has 5 nitrogen and oxygen atoms in total. The zero-order valence-electron chi connectivity index (χ0n) is 16.0. The average Bonchev–Trinajstić information content (AvgIpc) is 2.47. The van der Waals surface area contributed by atoms with Crippen LogP contribution in [0.15, 0.2) is 35.3 Å². The van der Waals surface area contributed by atoms with Crippen LogP contribution >= 0.6 is 24.0 Å². The lowest BCUT2D eigenvalue weighted by atomic mass is 10.1. The molecular weight excluding hydrogens is 427 g/mol. The summed E-state index contributed by atoms with van der Waals surface area (Å²) in [6.07, 6.45) is 0.901. The summed E-state index contributed by atoms with van der Waals surface area (Å²) in [6, 6.07) is 6.57. The minimum absolute atomic E-state index is 0. The van der Waals surface area contributed by atoms with E-state index in [4.69, 9.17) is 0 Å². The highest BCUT2D eigenvalue weighted by Crippen LogP contribution is 2.08. The molecule has 0 spiro atoms. The van der Waals surface area contributed by atoms with E-state index < -0.39 is 0 Å². The number of likely N-dealkylation sites (N-methyl/N-ethyl adjacent to an activating group) is 1. The van der Waals surface area contributed by atoms with Gasteiger partial charge in [-0.1, -0.05) is 41.5 Å². The van der Waals surface area contributed by atoms with E-state index in [0.717, 1.165) is 18.5 Å². The summed E-state index contributed by atoms with van der Waals surface area (Å²) >= 11 is 0. The Morgan fingerprint density at radius 3 is 2.28 bits per heavy atom. The SMILES string of the molecule is C=C(C)CNC(=NCC(=O)N(C)C)NCCc1cc(C)cc(C)c1.I. The molecule has 0 aromatic heterocycles. The molecule has 0 atom stereocenters. The molecule has 1 rings (SSSR count). The zero-order chi connectivity index (χ0) is 18.1. The fourth-order valence-electron chi connectivity index (χ4n) is 2.24. The van der Waals surface area contributed by atoms with E-state index in [1.54, 1.807) is 14.1 Å². The maximum absolute atomic E-state index is 11.7. The van der Waals surface area contributed by atoms with Crippen LogP contribution in [-0.4, -0.2) is 50.5 Å². The Hall–Kier alpha value is -1.57. The Morgan fingerprint density at radius 1 is 1.16 bits per heavy atom. The largest absolute Gasteiger partial charge is 0.356 e. The first-order valence-electron chi connectivity index (χ1n) is 8.22. The molecule has 1 aromatic rings. The summed E-state index contributed by atoms with van der Waals surface area (Å²) in [5, 5.41) is 6.47. The van der Waals surface area contributed by atoms with Crippen molar-refractivity contribution in [3.05, 3.63) is 47.0 Å². The van der Waals surface area contributed by atoms with E-state index in [1.165, 1.54) is 21.6 Å². The van der Waals surface area contributed by atoms with E-state index in [1.807, 2.05) is 6.92 Å². The highest BCUT2D eigenvalue weighted by Gasteiger charge is 2.05. The molecule has 0 fully saturated rings. The van der Waals surface area contributed by atoms with E-state index in [9.17, 15) is 4.79 Å². The zero-order valence-corrected chi connectivity index (χ0v) is 18.3. The predicted molar refractivity (Wildman–Crippen MR) is 117 cm³/mol. The summed E-state index contributed by atoms with van der Waals surface area (Å²) in [5.74, 6) is 0.610. The molecule has 6 heteroatoms. The van der Waals surface area contributed by atoms with Crippen molar-refractivity contribution < 1.29 is 4.79 Å². The van der Waals surface area contributed by atoms with Crippen molar-refractivity contribution in [2.75, 3.05) is 33.7 Å². The smallest absolute Gasteiger partial charge is 0.243 e. The minimum atomic E-state index is -0.0271. The van der Waals surface area contributed by atoms with Gasteiger partial charge in [0.15, 0.2) is 5.96 Å². The third kappa shape index (κ3) is 10.1. The second kappa shape index (κ2) is 11.9. The van der Waals surface area contributed by atoms with Gasteiger partial charge in [0, 0.05) is 27.2 Å². The molecule has 25 heavy (non-hydrogen) atoms. The number of nitrogens with zero attached hydrogens (tertiary/aromatic N) is 2. The minimum Gasteiger partial charge on any atom is -0.356 e. The lowest BCUT2D eigenvalue weighted by Gasteiger charge is -2.14. The van der Waals surface area contributed by atoms with E-state index in [0.29, 0.717) is 12.5 Å². The summed E-state index contributed by atoms with van der Waals surface area (Å²) in [6.45, 7) is 11.6. The van der Waals surface area contributed by atoms with Gasteiger partial charge >= 0.3 is 0 Å². The van der Waals surface area contributed by atoms with Crippen LogP contribution in [0.4, 0.5) is 0 Å². The highest BCUT2D eigenvalue weighted by atomic mass is 127. The molecule has 0 saturated heterocycles.